The summed E-state index contributed by atoms with van der Waals surface area (Å²) in [5.74, 6) is 2.60. The van der Waals surface area contributed by atoms with Crippen molar-refractivity contribution in [2.75, 3.05) is 5.32 Å². The van der Waals surface area contributed by atoms with Crippen molar-refractivity contribution >= 4 is 5.95 Å². The molecule has 1 aromatic heterocycles. The number of hydrogen-bond donors (Lipinski definition) is 1. The summed E-state index contributed by atoms with van der Waals surface area (Å²) < 4.78 is 2.38. The molecule has 0 amide bonds. The highest BCUT2D eigenvalue weighted by atomic mass is 15.2. The first-order chi connectivity index (χ1) is 8.49. The quantitative estimate of drug-likeness (QED) is 0.877. The Balaban J connectivity index is 2.25. The molecular formula is C15H27N3. The third-order valence-electron chi connectivity index (χ3n) is 4.29. The smallest absolute Gasteiger partial charge is 0.203 e. The second-order valence-electron chi connectivity index (χ2n) is 6.25. The van der Waals surface area contributed by atoms with Crippen molar-refractivity contribution in [2.24, 2.45) is 11.8 Å². The number of imidazole rings is 1. The zero-order valence-electron chi connectivity index (χ0n) is 12.4. The summed E-state index contributed by atoms with van der Waals surface area (Å²) in [4.78, 5) is 4.64. The van der Waals surface area contributed by atoms with E-state index in [-0.39, 0.29) is 0 Å². The van der Waals surface area contributed by atoms with E-state index in [0.717, 1.165) is 23.5 Å². The molecule has 1 aliphatic carbocycles. The molecule has 1 fully saturated rings. The van der Waals surface area contributed by atoms with Crippen LogP contribution in [0.15, 0.2) is 6.20 Å². The Morgan fingerprint density at radius 2 is 2.06 bits per heavy atom. The summed E-state index contributed by atoms with van der Waals surface area (Å²) in [5.41, 5.74) is 1.11. The zero-order chi connectivity index (χ0) is 13.3. The van der Waals surface area contributed by atoms with Crippen molar-refractivity contribution in [1.29, 1.82) is 0 Å². The maximum Gasteiger partial charge on any atom is 0.203 e. The van der Waals surface area contributed by atoms with E-state index in [1.54, 1.807) is 0 Å². The molecule has 3 unspecified atom stereocenters. The van der Waals surface area contributed by atoms with E-state index in [2.05, 4.69) is 55.7 Å². The Labute approximate surface area is 111 Å². The van der Waals surface area contributed by atoms with Gasteiger partial charge in [-0.05, 0) is 39.0 Å². The highest BCUT2D eigenvalue weighted by Crippen LogP contribution is 2.39. The van der Waals surface area contributed by atoms with Crippen LogP contribution in [-0.4, -0.2) is 15.6 Å². The number of anilines is 1. The van der Waals surface area contributed by atoms with Crippen LogP contribution in [0.1, 0.15) is 58.7 Å². The Hall–Kier alpha value is -0.990. The molecule has 3 atom stereocenters. The van der Waals surface area contributed by atoms with Crippen molar-refractivity contribution in [2.45, 2.75) is 66.0 Å². The van der Waals surface area contributed by atoms with Gasteiger partial charge in [0.25, 0.3) is 0 Å². The Morgan fingerprint density at radius 3 is 2.72 bits per heavy atom. The van der Waals surface area contributed by atoms with Crippen LogP contribution in [0.5, 0.6) is 0 Å². The summed E-state index contributed by atoms with van der Waals surface area (Å²) >= 11 is 0. The number of rotatable bonds is 3. The van der Waals surface area contributed by atoms with E-state index in [9.17, 15) is 0 Å². The molecule has 1 heterocycles. The van der Waals surface area contributed by atoms with Crippen LogP contribution in [-0.2, 0) is 0 Å². The van der Waals surface area contributed by atoms with Crippen molar-refractivity contribution in [3.05, 3.63) is 11.9 Å². The zero-order valence-corrected chi connectivity index (χ0v) is 12.4. The Bertz CT molecular complexity index is 394. The average Bonchev–Trinajstić information content (AvgIpc) is 2.62. The molecule has 0 radical (unpaired) electrons. The molecule has 0 bridgehead atoms. The molecular weight excluding hydrogens is 222 g/mol. The molecule has 18 heavy (non-hydrogen) atoms. The number of nitrogens with one attached hydrogen (secondary N) is 1. The fraction of sp³-hybridized carbons (Fsp3) is 0.800. The highest BCUT2D eigenvalue weighted by Gasteiger charge is 2.29. The van der Waals surface area contributed by atoms with Crippen LogP contribution >= 0.6 is 0 Å². The topological polar surface area (TPSA) is 29.9 Å². The lowest BCUT2D eigenvalue weighted by Crippen LogP contribution is -2.28. The molecule has 0 aromatic carbocycles. The van der Waals surface area contributed by atoms with E-state index in [1.165, 1.54) is 19.3 Å². The third kappa shape index (κ3) is 2.70. The summed E-state index contributed by atoms with van der Waals surface area (Å²) in [6.45, 7) is 11.2. The second kappa shape index (κ2) is 5.33. The van der Waals surface area contributed by atoms with Crippen molar-refractivity contribution in [3.8, 4) is 0 Å². The molecule has 0 saturated heterocycles. The second-order valence-corrected chi connectivity index (χ2v) is 6.25. The van der Waals surface area contributed by atoms with Gasteiger partial charge in [-0.1, -0.05) is 26.7 Å². The summed E-state index contributed by atoms with van der Waals surface area (Å²) in [6, 6.07) is 1.04. The van der Waals surface area contributed by atoms with Crippen molar-refractivity contribution in [1.82, 2.24) is 9.55 Å². The largest absolute Gasteiger partial charge is 0.353 e. The first kappa shape index (κ1) is 13.4. The number of aryl methyl sites for hydroxylation is 1. The Kier molecular flexibility index (Phi) is 3.98. The molecule has 0 aliphatic heterocycles. The van der Waals surface area contributed by atoms with Gasteiger partial charge in [-0.15, -0.1) is 0 Å². The van der Waals surface area contributed by atoms with Crippen LogP contribution < -0.4 is 5.32 Å². The highest BCUT2D eigenvalue weighted by molar-refractivity contribution is 5.30. The van der Waals surface area contributed by atoms with Gasteiger partial charge in [0.1, 0.15) is 0 Å². The van der Waals surface area contributed by atoms with Crippen LogP contribution in [0, 0.1) is 18.8 Å². The van der Waals surface area contributed by atoms with Crippen LogP contribution in [0.2, 0.25) is 0 Å². The van der Waals surface area contributed by atoms with Gasteiger partial charge in [0.2, 0.25) is 5.95 Å². The minimum absolute atomic E-state index is 0.432. The molecule has 102 valence electrons. The standard InChI is InChI=1S/C15H27N3/c1-10(2)16-15-17-12(4)9-18(15)14-8-6-7-11(3)13(14)5/h9-11,13-14H,6-8H2,1-5H3,(H,16,17). The molecule has 1 saturated carbocycles. The summed E-state index contributed by atoms with van der Waals surface area (Å²) in [7, 11) is 0. The van der Waals surface area contributed by atoms with Gasteiger partial charge in [-0.25, -0.2) is 4.98 Å². The fourth-order valence-electron chi connectivity index (χ4n) is 3.08. The van der Waals surface area contributed by atoms with Crippen molar-refractivity contribution in [3.63, 3.8) is 0 Å². The normalized spacial score (nSPS) is 28.7. The molecule has 1 aliphatic rings. The van der Waals surface area contributed by atoms with Gasteiger partial charge in [0, 0.05) is 18.3 Å². The SMILES string of the molecule is Cc1cn(C2CCCC(C)C2C)c(NC(C)C)n1. The maximum absolute atomic E-state index is 4.64. The van der Waals surface area contributed by atoms with E-state index >= 15 is 0 Å². The predicted molar refractivity (Wildman–Crippen MR) is 76.9 cm³/mol. The first-order valence-corrected chi connectivity index (χ1v) is 7.31. The van der Waals surface area contributed by atoms with Gasteiger partial charge >= 0.3 is 0 Å². The van der Waals surface area contributed by atoms with Gasteiger partial charge in [0.15, 0.2) is 0 Å². The number of aromatic nitrogens is 2. The average molecular weight is 249 g/mol. The minimum Gasteiger partial charge on any atom is -0.353 e. The lowest BCUT2D eigenvalue weighted by atomic mass is 9.78. The Morgan fingerprint density at radius 1 is 1.33 bits per heavy atom. The molecule has 2 rings (SSSR count). The maximum atomic E-state index is 4.64. The van der Waals surface area contributed by atoms with E-state index in [1.807, 2.05) is 0 Å². The molecule has 1 aromatic rings. The van der Waals surface area contributed by atoms with E-state index in [4.69, 9.17) is 0 Å². The number of nitrogens with zero attached hydrogens (tertiary/aromatic N) is 2. The van der Waals surface area contributed by atoms with E-state index < -0.39 is 0 Å². The summed E-state index contributed by atoms with van der Waals surface area (Å²) in [5, 5.41) is 3.48. The van der Waals surface area contributed by atoms with Crippen LogP contribution in [0.3, 0.4) is 0 Å². The predicted octanol–water partition coefficient (Wildman–Crippen LogP) is 4.01. The fourth-order valence-corrected chi connectivity index (χ4v) is 3.08. The molecule has 1 N–H and O–H groups in total. The summed E-state index contributed by atoms with van der Waals surface area (Å²) in [6.07, 6.45) is 6.21. The van der Waals surface area contributed by atoms with Gasteiger partial charge in [0.05, 0.1) is 5.69 Å². The van der Waals surface area contributed by atoms with Gasteiger partial charge in [-0.2, -0.15) is 0 Å². The number of hydrogen-bond acceptors (Lipinski definition) is 2. The first-order valence-electron chi connectivity index (χ1n) is 7.31. The van der Waals surface area contributed by atoms with Gasteiger partial charge in [-0.3, -0.25) is 0 Å². The molecule has 3 heteroatoms. The van der Waals surface area contributed by atoms with Crippen LogP contribution in [0.25, 0.3) is 0 Å². The lowest BCUT2D eigenvalue weighted by molar-refractivity contribution is 0.187. The monoisotopic (exact) mass is 249 g/mol. The van der Waals surface area contributed by atoms with Crippen LogP contribution in [0.4, 0.5) is 5.95 Å². The lowest BCUT2D eigenvalue weighted by Gasteiger charge is -2.35. The molecule has 0 spiro atoms. The van der Waals surface area contributed by atoms with E-state index in [0.29, 0.717) is 12.1 Å². The minimum atomic E-state index is 0.432. The van der Waals surface area contributed by atoms with Gasteiger partial charge < -0.3 is 9.88 Å². The molecule has 3 nitrogen and oxygen atoms in total. The van der Waals surface area contributed by atoms with Crippen molar-refractivity contribution < 1.29 is 0 Å². The third-order valence-corrected chi connectivity index (χ3v) is 4.29.